The van der Waals surface area contributed by atoms with Gasteiger partial charge in [-0.15, -0.1) is 0 Å². The van der Waals surface area contributed by atoms with Crippen LogP contribution in [0, 0.1) is 34.5 Å². The standard InChI is InChI=1S/C10H17NO.C9H15NO.CH3I/c1-12-10-7-3-2-5-9(10)6-4-8-11;10-7-3-5-8-4-1-2-6-9(8)11;1-2/h9-10H,2-7H2,1H3;8-9,11H,1-6H2;1H3. The number of alkyl halides is 1. The number of hydrogen-bond acceptors (Lipinski definition) is 4. The van der Waals surface area contributed by atoms with Crippen molar-refractivity contribution in [1.29, 1.82) is 10.5 Å². The van der Waals surface area contributed by atoms with Crippen LogP contribution in [0.15, 0.2) is 0 Å². The lowest BCUT2D eigenvalue weighted by Crippen LogP contribution is -2.26. The van der Waals surface area contributed by atoms with E-state index in [0.29, 0.717) is 30.8 Å². The van der Waals surface area contributed by atoms with Gasteiger partial charge in [0.15, 0.2) is 0 Å². The highest BCUT2D eigenvalue weighted by Gasteiger charge is 2.24. The summed E-state index contributed by atoms with van der Waals surface area (Å²) in [4.78, 5) is 1.97. The molecule has 0 heterocycles. The van der Waals surface area contributed by atoms with Gasteiger partial charge in [0.1, 0.15) is 0 Å². The number of aliphatic hydroxyl groups is 1. The lowest BCUT2D eigenvalue weighted by molar-refractivity contribution is 0.0210. The second kappa shape index (κ2) is 17.1. The number of rotatable bonds is 5. The quantitative estimate of drug-likeness (QED) is 0.439. The first-order valence-electron chi connectivity index (χ1n) is 9.55. The summed E-state index contributed by atoms with van der Waals surface area (Å²) in [5, 5.41) is 26.3. The van der Waals surface area contributed by atoms with E-state index >= 15 is 0 Å². The maximum Gasteiger partial charge on any atom is 0.0621 e. The molecular formula is C20H35IN2O2. The number of halogens is 1. The van der Waals surface area contributed by atoms with E-state index in [2.05, 4.69) is 34.7 Å². The summed E-state index contributed by atoms with van der Waals surface area (Å²) in [6.45, 7) is 0. The summed E-state index contributed by atoms with van der Waals surface area (Å²) in [7, 11) is 1.79. The molecular weight excluding hydrogens is 427 g/mol. The Hall–Kier alpha value is -0.370. The second-order valence-corrected chi connectivity index (χ2v) is 6.82. The van der Waals surface area contributed by atoms with Crippen LogP contribution >= 0.6 is 22.6 Å². The van der Waals surface area contributed by atoms with Crippen LogP contribution in [0.1, 0.15) is 77.0 Å². The molecule has 2 rings (SSSR count). The van der Waals surface area contributed by atoms with Gasteiger partial charge in [-0.05, 0) is 55.3 Å². The van der Waals surface area contributed by atoms with Crippen LogP contribution in [0.3, 0.4) is 0 Å². The van der Waals surface area contributed by atoms with Crippen molar-refractivity contribution in [2.24, 2.45) is 11.8 Å². The van der Waals surface area contributed by atoms with E-state index in [1.807, 2.05) is 4.93 Å². The third kappa shape index (κ3) is 11.1. The number of aliphatic hydroxyl groups excluding tert-OH is 1. The molecule has 2 aliphatic rings. The minimum Gasteiger partial charge on any atom is -0.393 e. The van der Waals surface area contributed by atoms with Gasteiger partial charge in [0.05, 0.1) is 24.3 Å². The number of nitriles is 2. The Morgan fingerprint density at radius 2 is 1.36 bits per heavy atom. The molecule has 5 heteroatoms. The van der Waals surface area contributed by atoms with Crippen LogP contribution < -0.4 is 0 Å². The Kier molecular flexibility index (Phi) is 16.8. The van der Waals surface area contributed by atoms with Gasteiger partial charge >= 0.3 is 0 Å². The van der Waals surface area contributed by atoms with Gasteiger partial charge in [-0.1, -0.05) is 48.3 Å². The summed E-state index contributed by atoms with van der Waals surface area (Å²) < 4.78 is 5.39. The van der Waals surface area contributed by atoms with Gasteiger partial charge in [0, 0.05) is 20.0 Å². The van der Waals surface area contributed by atoms with Crippen LogP contribution in [0.25, 0.3) is 0 Å². The van der Waals surface area contributed by atoms with E-state index in [-0.39, 0.29) is 6.10 Å². The first kappa shape index (κ1) is 24.6. The van der Waals surface area contributed by atoms with Crippen LogP contribution in [0.4, 0.5) is 0 Å². The van der Waals surface area contributed by atoms with Gasteiger partial charge < -0.3 is 9.84 Å². The number of methoxy groups -OCH3 is 1. The lowest BCUT2D eigenvalue weighted by atomic mass is 9.83. The molecule has 0 bridgehead atoms. The van der Waals surface area contributed by atoms with E-state index in [1.165, 1.54) is 32.1 Å². The molecule has 0 aromatic heterocycles. The van der Waals surface area contributed by atoms with E-state index < -0.39 is 0 Å². The Labute approximate surface area is 168 Å². The Balaban J connectivity index is 0.000000421. The smallest absolute Gasteiger partial charge is 0.0621 e. The zero-order valence-electron chi connectivity index (χ0n) is 15.9. The molecule has 4 nitrogen and oxygen atoms in total. The van der Waals surface area contributed by atoms with Crippen molar-refractivity contribution in [2.75, 3.05) is 12.0 Å². The zero-order chi connectivity index (χ0) is 18.9. The largest absolute Gasteiger partial charge is 0.393 e. The molecule has 0 saturated heterocycles. The Bertz CT molecular complexity index is 392. The summed E-state index contributed by atoms with van der Waals surface area (Å²) in [6, 6.07) is 4.33. The molecule has 144 valence electrons. The molecule has 2 saturated carbocycles. The average Bonchev–Trinajstić information content (AvgIpc) is 2.68. The average molecular weight is 462 g/mol. The topological polar surface area (TPSA) is 77.0 Å². The number of hydrogen-bond donors (Lipinski definition) is 1. The normalized spacial score (nSPS) is 28.2. The highest BCUT2D eigenvalue weighted by molar-refractivity contribution is 14.1. The van der Waals surface area contributed by atoms with Crippen molar-refractivity contribution >= 4 is 22.6 Å². The fourth-order valence-corrected chi connectivity index (χ4v) is 3.84. The summed E-state index contributed by atoms with van der Waals surface area (Å²) in [6.07, 6.45) is 13.0. The van der Waals surface area contributed by atoms with E-state index in [0.717, 1.165) is 32.1 Å². The molecule has 2 fully saturated rings. The fourth-order valence-electron chi connectivity index (χ4n) is 3.84. The summed E-state index contributed by atoms with van der Waals surface area (Å²) in [5.74, 6) is 1.05. The minimum atomic E-state index is -0.128. The highest BCUT2D eigenvalue weighted by atomic mass is 127. The van der Waals surface area contributed by atoms with Gasteiger partial charge in [0.2, 0.25) is 0 Å². The molecule has 0 aromatic carbocycles. The minimum absolute atomic E-state index is 0.128. The molecule has 2 aliphatic carbocycles. The Morgan fingerprint density at radius 3 is 1.88 bits per heavy atom. The molecule has 0 aromatic rings. The monoisotopic (exact) mass is 462 g/mol. The van der Waals surface area contributed by atoms with Crippen molar-refractivity contribution in [2.45, 2.75) is 89.3 Å². The van der Waals surface area contributed by atoms with Crippen LogP contribution in [0.5, 0.6) is 0 Å². The predicted molar refractivity (Wildman–Crippen MR) is 110 cm³/mol. The maximum absolute atomic E-state index is 9.49. The van der Waals surface area contributed by atoms with Crippen molar-refractivity contribution in [1.82, 2.24) is 0 Å². The molecule has 0 radical (unpaired) electrons. The molecule has 4 unspecified atom stereocenters. The fraction of sp³-hybridized carbons (Fsp3) is 0.900. The third-order valence-corrected chi connectivity index (χ3v) is 5.26. The van der Waals surface area contributed by atoms with E-state index in [1.54, 1.807) is 7.11 Å². The number of ether oxygens (including phenoxy) is 1. The molecule has 1 N–H and O–H groups in total. The predicted octanol–water partition coefficient (Wildman–Crippen LogP) is 5.39. The molecule has 0 aliphatic heterocycles. The van der Waals surface area contributed by atoms with E-state index in [4.69, 9.17) is 15.3 Å². The van der Waals surface area contributed by atoms with Gasteiger partial charge in [0.25, 0.3) is 0 Å². The van der Waals surface area contributed by atoms with Crippen LogP contribution in [-0.4, -0.2) is 29.4 Å². The van der Waals surface area contributed by atoms with Gasteiger partial charge in [-0.25, -0.2) is 0 Å². The number of nitrogens with zero attached hydrogens (tertiary/aromatic N) is 2. The van der Waals surface area contributed by atoms with Crippen molar-refractivity contribution in [3.05, 3.63) is 0 Å². The highest BCUT2D eigenvalue weighted by Crippen LogP contribution is 2.29. The van der Waals surface area contributed by atoms with E-state index in [9.17, 15) is 5.11 Å². The maximum atomic E-state index is 9.49. The molecule has 25 heavy (non-hydrogen) atoms. The summed E-state index contributed by atoms with van der Waals surface area (Å²) in [5.41, 5.74) is 0. The van der Waals surface area contributed by atoms with Crippen molar-refractivity contribution in [3.8, 4) is 12.1 Å². The Morgan fingerprint density at radius 1 is 0.880 bits per heavy atom. The molecule has 4 atom stereocenters. The van der Waals surface area contributed by atoms with Gasteiger partial charge in [-0.3, -0.25) is 0 Å². The third-order valence-electron chi connectivity index (χ3n) is 5.26. The first-order valence-corrected chi connectivity index (χ1v) is 11.7. The van der Waals surface area contributed by atoms with Crippen LogP contribution in [0.2, 0.25) is 0 Å². The summed E-state index contributed by atoms with van der Waals surface area (Å²) >= 11 is 2.15. The van der Waals surface area contributed by atoms with Crippen LogP contribution in [-0.2, 0) is 4.74 Å². The zero-order valence-corrected chi connectivity index (χ0v) is 18.1. The first-order chi connectivity index (χ1) is 12.2. The molecule has 0 amide bonds. The SMILES string of the molecule is CI.COC1CCCCC1CCC#N.N#CCCC1CCCCC1O. The van der Waals surface area contributed by atoms with Crippen molar-refractivity contribution in [3.63, 3.8) is 0 Å². The van der Waals surface area contributed by atoms with Crippen molar-refractivity contribution < 1.29 is 9.84 Å². The second-order valence-electron chi connectivity index (χ2n) is 6.82. The lowest BCUT2D eigenvalue weighted by Gasteiger charge is -2.29. The molecule has 0 spiro atoms. The van der Waals surface area contributed by atoms with Gasteiger partial charge in [-0.2, -0.15) is 10.5 Å².